The van der Waals surface area contributed by atoms with E-state index in [9.17, 15) is 8.42 Å². The number of fused-ring (bicyclic) bond motifs is 1. The molecule has 4 rings (SSSR count). The monoisotopic (exact) mass is 516 g/mol. The maximum absolute atomic E-state index is 12.8. The Labute approximate surface area is 211 Å². The number of ether oxygens (including phenoxy) is 1. The maximum atomic E-state index is 12.8. The molecule has 0 fully saturated rings. The van der Waals surface area contributed by atoms with Crippen molar-refractivity contribution in [3.8, 4) is 5.75 Å². The van der Waals surface area contributed by atoms with Crippen molar-refractivity contribution < 1.29 is 17.6 Å². The van der Waals surface area contributed by atoms with E-state index in [2.05, 4.69) is 46.8 Å². The van der Waals surface area contributed by atoms with Crippen LogP contribution in [0, 0.1) is 0 Å². The Hall–Kier alpha value is -2.88. The minimum atomic E-state index is -3.51. The van der Waals surface area contributed by atoms with Gasteiger partial charge in [-0.1, -0.05) is 23.7 Å². The largest absolute Gasteiger partial charge is 0.495 e. The van der Waals surface area contributed by atoms with E-state index in [1.807, 2.05) is 0 Å². The first-order valence-electron chi connectivity index (χ1n) is 11.4. The summed E-state index contributed by atoms with van der Waals surface area (Å²) in [6.07, 6.45) is 2.44. The highest BCUT2D eigenvalue weighted by Gasteiger charge is 2.26. The molecular weight excluding hydrogens is 486 g/mol. The quantitative estimate of drug-likeness (QED) is 0.429. The number of rotatable bonds is 7. The second-order valence-electron chi connectivity index (χ2n) is 9.62. The Morgan fingerprint density at radius 3 is 2.54 bits per heavy atom. The van der Waals surface area contributed by atoms with Gasteiger partial charge in [0, 0.05) is 12.0 Å². The summed E-state index contributed by atoms with van der Waals surface area (Å²) in [5.41, 5.74) is 3.70. The number of aromatic nitrogens is 2. The van der Waals surface area contributed by atoms with Crippen molar-refractivity contribution in [3.05, 3.63) is 58.7 Å². The molecule has 0 saturated heterocycles. The molecule has 1 aromatic heterocycles. The van der Waals surface area contributed by atoms with Crippen molar-refractivity contribution in [2.75, 3.05) is 38.4 Å². The van der Waals surface area contributed by atoms with Gasteiger partial charge in [0.25, 0.3) is 0 Å². The smallest absolute Gasteiger partial charge is 0.229 e. The number of halogens is 1. The predicted octanol–water partition coefficient (Wildman–Crippen LogP) is 4.94. The number of hydrogen-bond acceptors (Lipinski definition) is 7. The summed E-state index contributed by atoms with van der Waals surface area (Å²) in [5.74, 6) is 1.31. The molecule has 10 heteroatoms. The fraction of sp³-hybridized carbons (Fsp3) is 0.360. The first-order chi connectivity index (χ1) is 16.5. The molecule has 2 aromatic carbocycles. The van der Waals surface area contributed by atoms with Gasteiger partial charge in [0.2, 0.25) is 5.95 Å². The van der Waals surface area contributed by atoms with Gasteiger partial charge in [-0.2, -0.15) is 4.98 Å². The molecule has 35 heavy (non-hydrogen) atoms. The molecule has 0 bridgehead atoms. The van der Waals surface area contributed by atoms with Gasteiger partial charge in [-0.3, -0.25) is 0 Å². The van der Waals surface area contributed by atoms with E-state index in [1.165, 1.54) is 17.3 Å². The molecule has 3 aromatic rings. The van der Waals surface area contributed by atoms with Gasteiger partial charge in [0.05, 0.1) is 55.5 Å². The molecule has 0 unspecified atom stereocenters. The zero-order valence-electron chi connectivity index (χ0n) is 20.6. The molecule has 0 atom stereocenters. The number of sulfone groups is 1. The number of nitrogens with zero attached hydrogens (tertiary/aromatic N) is 3. The topological polar surface area (TPSA) is 93.2 Å². The second-order valence-corrected chi connectivity index (χ2v) is 12.5. The highest BCUT2D eigenvalue weighted by Crippen LogP contribution is 2.35. The Morgan fingerprint density at radius 2 is 1.83 bits per heavy atom. The maximum Gasteiger partial charge on any atom is 0.229 e. The van der Waals surface area contributed by atoms with Crippen LogP contribution in [0.15, 0.2) is 47.5 Å². The Morgan fingerprint density at radius 1 is 1.09 bits per heavy atom. The van der Waals surface area contributed by atoms with Crippen LogP contribution >= 0.6 is 11.6 Å². The summed E-state index contributed by atoms with van der Waals surface area (Å²) in [6, 6.07) is 10.9. The van der Waals surface area contributed by atoms with E-state index in [4.69, 9.17) is 16.3 Å². The molecule has 186 valence electrons. The molecule has 0 saturated carbocycles. The summed E-state index contributed by atoms with van der Waals surface area (Å²) in [6.45, 7) is 5.30. The normalized spacial score (nSPS) is 14.9. The number of hydrogen-bond donors (Lipinski definition) is 2. The van der Waals surface area contributed by atoms with Gasteiger partial charge in [-0.05, 0) is 43.7 Å². The van der Waals surface area contributed by atoms with E-state index < -0.39 is 15.1 Å². The van der Waals surface area contributed by atoms with Crippen LogP contribution in [0.1, 0.15) is 25.0 Å². The summed E-state index contributed by atoms with van der Waals surface area (Å²) in [7, 11) is 2.58. The molecule has 0 spiro atoms. The molecule has 1 aliphatic rings. The third kappa shape index (κ3) is 5.37. The standard InChI is InChI=1S/C25H31ClN5O3S/c1-16(2)35(32,33)23-9-7-6-8-20(23)28-24-19(26)14-27-25(30-24)29-21-12-17-10-11-31(3,4)15-18(17)13-22(21)34-5/h6-9,12-14,16H,10-11,15H2,1-5H3,(H2,27,28,29,30)/q+1. The van der Waals surface area contributed by atoms with Crippen molar-refractivity contribution in [2.45, 2.75) is 37.0 Å². The second kappa shape index (κ2) is 9.64. The van der Waals surface area contributed by atoms with Gasteiger partial charge in [-0.15, -0.1) is 0 Å². The van der Waals surface area contributed by atoms with Crippen LogP contribution in [0.2, 0.25) is 5.02 Å². The number of nitrogens with one attached hydrogen (secondary N) is 2. The summed E-state index contributed by atoms with van der Waals surface area (Å²) in [4.78, 5) is 9.03. The average molecular weight is 517 g/mol. The molecule has 0 amide bonds. The van der Waals surface area contributed by atoms with Crippen LogP contribution in [0.3, 0.4) is 0 Å². The number of para-hydroxylation sites is 1. The average Bonchev–Trinajstić information content (AvgIpc) is 2.80. The van der Waals surface area contributed by atoms with Crippen molar-refractivity contribution in [1.82, 2.24) is 9.97 Å². The summed E-state index contributed by atoms with van der Waals surface area (Å²) in [5, 5.41) is 6.02. The fourth-order valence-electron chi connectivity index (χ4n) is 4.11. The zero-order chi connectivity index (χ0) is 25.4. The fourth-order valence-corrected chi connectivity index (χ4v) is 5.45. The van der Waals surface area contributed by atoms with Crippen molar-refractivity contribution >= 4 is 44.6 Å². The van der Waals surface area contributed by atoms with Gasteiger partial charge in [0.1, 0.15) is 17.3 Å². The zero-order valence-corrected chi connectivity index (χ0v) is 22.2. The SMILES string of the molecule is COc1cc2c(cc1Nc1ncc(Cl)c(Nc3ccccc3S(=O)(=O)C(C)C)n1)CC[N+](C)(C)C2. The van der Waals surface area contributed by atoms with E-state index in [0.29, 0.717) is 23.2 Å². The van der Waals surface area contributed by atoms with Crippen molar-refractivity contribution in [1.29, 1.82) is 0 Å². The Bertz CT molecular complexity index is 1360. The number of quaternary nitrogens is 1. The highest BCUT2D eigenvalue weighted by atomic mass is 35.5. The number of methoxy groups -OCH3 is 1. The number of anilines is 4. The number of benzene rings is 2. The molecule has 2 N–H and O–H groups in total. The van der Waals surface area contributed by atoms with Crippen molar-refractivity contribution in [3.63, 3.8) is 0 Å². The van der Waals surface area contributed by atoms with Crippen LogP contribution in [-0.2, 0) is 22.8 Å². The van der Waals surface area contributed by atoms with Gasteiger partial charge < -0.3 is 19.9 Å². The van der Waals surface area contributed by atoms with E-state index in [1.54, 1.807) is 45.2 Å². The first-order valence-corrected chi connectivity index (χ1v) is 13.3. The molecular formula is C25H31ClN5O3S+. The summed E-state index contributed by atoms with van der Waals surface area (Å²) >= 11 is 6.37. The minimum Gasteiger partial charge on any atom is -0.495 e. The molecule has 2 heterocycles. The van der Waals surface area contributed by atoms with Gasteiger partial charge >= 0.3 is 0 Å². The van der Waals surface area contributed by atoms with Gasteiger partial charge in [-0.25, -0.2) is 13.4 Å². The first kappa shape index (κ1) is 25.2. The minimum absolute atomic E-state index is 0.192. The predicted molar refractivity (Wildman–Crippen MR) is 140 cm³/mol. The lowest BCUT2D eigenvalue weighted by Gasteiger charge is -2.35. The van der Waals surface area contributed by atoms with Crippen LogP contribution < -0.4 is 15.4 Å². The van der Waals surface area contributed by atoms with Crippen LogP contribution in [0.5, 0.6) is 5.75 Å². The van der Waals surface area contributed by atoms with E-state index in [-0.39, 0.29) is 9.92 Å². The van der Waals surface area contributed by atoms with Crippen molar-refractivity contribution in [2.24, 2.45) is 0 Å². The summed E-state index contributed by atoms with van der Waals surface area (Å²) < 4.78 is 32.2. The van der Waals surface area contributed by atoms with E-state index >= 15 is 0 Å². The van der Waals surface area contributed by atoms with E-state index in [0.717, 1.165) is 29.7 Å². The van der Waals surface area contributed by atoms with Gasteiger partial charge in [0.15, 0.2) is 15.7 Å². The molecule has 0 aliphatic carbocycles. The lowest BCUT2D eigenvalue weighted by molar-refractivity contribution is -0.905. The Kier molecular flexibility index (Phi) is 6.95. The van der Waals surface area contributed by atoms with Crippen LogP contribution in [0.25, 0.3) is 0 Å². The third-order valence-corrected chi connectivity index (χ3v) is 8.65. The van der Waals surface area contributed by atoms with Crippen LogP contribution in [-0.4, -0.2) is 55.9 Å². The molecule has 1 aliphatic heterocycles. The Balaban J connectivity index is 1.65. The molecule has 8 nitrogen and oxygen atoms in total. The molecule has 0 radical (unpaired) electrons. The third-order valence-electron chi connectivity index (χ3n) is 6.16. The lowest BCUT2D eigenvalue weighted by Crippen LogP contribution is -2.43. The number of likely N-dealkylation sites (N-methyl/N-ethyl adjacent to an activating group) is 1. The van der Waals surface area contributed by atoms with Crippen LogP contribution in [0.4, 0.5) is 23.1 Å². The highest BCUT2D eigenvalue weighted by molar-refractivity contribution is 7.92. The lowest BCUT2D eigenvalue weighted by atomic mass is 9.97.